The maximum absolute atomic E-state index is 13.0. The molecule has 0 saturated carbocycles. The molecule has 1 fully saturated rings. The lowest BCUT2D eigenvalue weighted by Crippen LogP contribution is -2.44. The maximum atomic E-state index is 13.0. The Labute approximate surface area is 189 Å². The van der Waals surface area contributed by atoms with Crippen LogP contribution in [-0.4, -0.2) is 55.7 Å². The fourth-order valence-corrected chi connectivity index (χ4v) is 4.10. The highest BCUT2D eigenvalue weighted by molar-refractivity contribution is 6.44. The van der Waals surface area contributed by atoms with Crippen LogP contribution in [0.4, 0.5) is 17.1 Å². The second kappa shape index (κ2) is 9.12. The summed E-state index contributed by atoms with van der Waals surface area (Å²) >= 11 is 0. The summed E-state index contributed by atoms with van der Waals surface area (Å²) in [5.41, 5.74) is 6.04. The number of anilines is 3. The highest BCUT2D eigenvalue weighted by atomic mass is 16.2. The topological polar surface area (TPSA) is 68.2 Å². The molecule has 0 spiro atoms. The Bertz CT molecular complexity index is 1070. The number of likely N-dealkylation sites (N-methyl/N-ethyl adjacent to an activating group) is 1. The first kappa shape index (κ1) is 22.0. The van der Waals surface area contributed by atoms with Gasteiger partial charge in [-0.25, -0.2) is 5.01 Å². The van der Waals surface area contributed by atoms with Crippen molar-refractivity contribution in [1.82, 2.24) is 4.90 Å². The van der Waals surface area contributed by atoms with Gasteiger partial charge in [0.25, 0.3) is 5.91 Å². The van der Waals surface area contributed by atoms with Crippen molar-refractivity contribution < 1.29 is 9.59 Å². The van der Waals surface area contributed by atoms with Crippen molar-refractivity contribution in [2.45, 2.75) is 33.6 Å². The van der Waals surface area contributed by atoms with E-state index in [9.17, 15) is 9.59 Å². The molecule has 4 rings (SSSR count). The normalized spacial score (nSPS) is 17.4. The molecule has 2 aliphatic rings. The number of hydrogen-bond acceptors (Lipinski definition) is 5. The van der Waals surface area contributed by atoms with Crippen LogP contribution in [0.2, 0.25) is 0 Å². The molecule has 0 radical (unpaired) electrons. The van der Waals surface area contributed by atoms with Gasteiger partial charge in [0.15, 0.2) is 0 Å². The Balaban J connectivity index is 1.50. The summed E-state index contributed by atoms with van der Waals surface area (Å²) in [6.45, 7) is 10.0. The van der Waals surface area contributed by atoms with Gasteiger partial charge in [0.1, 0.15) is 5.71 Å². The van der Waals surface area contributed by atoms with Crippen LogP contribution in [0.1, 0.15) is 29.5 Å². The zero-order valence-electron chi connectivity index (χ0n) is 19.3. The number of carbonyl (C=O) groups excluding carboxylic acids is 2. The average molecular weight is 434 g/mol. The fourth-order valence-electron chi connectivity index (χ4n) is 4.10. The first-order valence-electron chi connectivity index (χ1n) is 11.1. The minimum absolute atomic E-state index is 0.0945. The van der Waals surface area contributed by atoms with Gasteiger partial charge in [0.05, 0.1) is 5.69 Å². The predicted molar refractivity (Wildman–Crippen MR) is 130 cm³/mol. The Kier molecular flexibility index (Phi) is 6.28. The predicted octanol–water partition coefficient (Wildman–Crippen LogP) is 3.49. The molecule has 2 amide bonds. The molecule has 1 saturated heterocycles. The van der Waals surface area contributed by atoms with Crippen LogP contribution in [0.3, 0.4) is 0 Å². The second-order valence-corrected chi connectivity index (χ2v) is 8.79. The number of nitrogens with zero attached hydrogens (tertiary/aromatic N) is 4. The van der Waals surface area contributed by atoms with Gasteiger partial charge in [0, 0.05) is 50.4 Å². The van der Waals surface area contributed by atoms with E-state index in [0.717, 1.165) is 54.2 Å². The van der Waals surface area contributed by atoms with Crippen LogP contribution in [0.5, 0.6) is 0 Å². The lowest BCUT2D eigenvalue weighted by atomic mass is 10.1. The van der Waals surface area contributed by atoms with Crippen molar-refractivity contribution in [3.8, 4) is 0 Å². The Hall–Kier alpha value is -3.19. The SMILES string of the molecule is Cc1ccc(C)c(N2N=C(C(=O)Nc3ccc(N4CCN(C)CC4)cc3C)CCC2=O)c1. The van der Waals surface area contributed by atoms with Crippen LogP contribution in [-0.2, 0) is 9.59 Å². The molecule has 7 nitrogen and oxygen atoms in total. The Morgan fingerprint density at radius 2 is 1.69 bits per heavy atom. The van der Waals surface area contributed by atoms with Gasteiger partial charge >= 0.3 is 0 Å². The van der Waals surface area contributed by atoms with Crippen LogP contribution in [0.15, 0.2) is 41.5 Å². The zero-order chi connectivity index (χ0) is 22.8. The first-order chi connectivity index (χ1) is 15.3. The maximum Gasteiger partial charge on any atom is 0.271 e. The fraction of sp³-hybridized carbons (Fsp3) is 0.400. The molecule has 2 aromatic carbocycles. The molecular formula is C25H31N5O2. The third-order valence-electron chi connectivity index (χ3n) is 6.21. The largest absolute Gasteiger partial charge is 0.369 e. The number of rotatable bonds is 4. The van der Waals surface area contributed by atoms with E-state index >= 15 is 0 Å². The van der Waals surface area contributed by atoms with E-state index in [4.69, 9.17) is 0 Å². The number of carbonyl (C=O) groups is 2. The zero-order valence-corrected chi connectivity index (χ0v) is 19.3. The summed E-state index contributed by atoms with van der Waals surface area (Å²) in [5.74, 6) is -0.355. The molecule has 0 aromatic heterocycles. The van der Waals surface area contributed by atoms with Crippen molar-refractivity contribution >= 4 is 34.6 Å². The summed E-state index contributed by atoms with van der Waals surface area (Å²) in [6.07, 6.45) is 0.603. The molecule has 32 heavy (non-hydrogen) atoms. The van der Waals surface area contributed by atoms with Crippen molar-refractivity contribution in [2.75, 3.05) is 48.5 Å². The summed E-state index contributed by atoms with van der Waals surface area (Å²) in [6, 6.07) is 12.0. The van der Waals surface area contributed by atoms with Gasteiger partial charge < -0.3 is 15.1 Å². The van der Waals surface area contributed by atoms with Gasteiger partial charge in [-0.05, 0) is 68.8 Å². The average Bonchev–Trinajstić information content (AvgIpc) is 2.78. The Morgan fingerprint density at radius 3 is 2.41 bits per heavy atom. The number of nitrogens with one attached hydrogen (secondary N) is 1. The molecule has 2 heterocycles. The van der Waals surface area contributed by atoms with E-state index in [1.165, 1.54) is 10.7 Å². The minimum atomic E-state index is -0.261. The molecular weight excluding hydrogens is 402 g/mol. The standard InChI is InChI=1S/C25H31N5O2/c1-17-5-6-18(2)23(15-17)30-24(31)10-9-22(27-30)25(32)26-21-8-7-20(16-19(21)3)29-13-11-28(4)12-14-29/h5-8,15-16H,9-14H2,1-4H3,(H,26,32). The van der Waals surface area contributed by atoms with Crippen molar-refractivity contribution in [1.29, 1.82) is 0 Å². The van der Waals surface area contributed by atoms with E-state index in [0.29, 0.717) is 12.1 Å². The van der Waals surface area contributed by atoms with E-state index in [1.807, 2.05) is 45.0 Å². The molecule has 0 bridgehead atoms. The van der Waals surface area contributed by atoms with Crippen molar-refractivity contribution in [2.24, 2.45) is 5.10 Å². The highest BCUT2D eigenvalue weighted by Gasteiger charge is 2.27. The van der Waals surface area contributed by atoms with Crippen LogP contribution < -0.4 is 15.2 Å². The van der Waals surface area contributed by atoms with Crippen LogP contribution in [0.25, 0.3) is 0 Å². The molecule has 0 unspecified atom stereocenters. The number of hydrogen-bond donors (Lipinski definition) is 1. The number of amides is 2. The lowest BCUT2D eigenvalue weighted by Gasteiger charge is -2.34. The van der Waals surface area contributed by atoms with Gasteiger partial charge in [-0.2, -0.15) is 5.10 Å². The van der Waals surface area contributed by atoms with E-state index in [-0.39, 0.29) is 18.2 Å². The molecule has 0 aliphatic carbocycles. The molecule has 1 N–H and O–H groups in total. The van der Waals surface area contributed by atoms with Crippen molar-refractivity contribution in [3.63, 3.8) is 0 Å². The van der Waals surface area contributed by atoms with Crippen molar-refractivity contribution in [3.05, 3.63) is 53.1 Å². The quantitative estimate of drug-likeness (QED) is 0.802. The number of aryl methyl sites for hydroxylation is 3. The highest BCUT2D eigenvalue weighted by Crippen LogP contribution is 2.27. The van der Waals surface area contributed by atoms with E-state index in [2.05, 4.69) is 39.4 Å². The van der Waals surface area contributed by atoms with Gasteiger partial charge in [-0.3, -0.25) is 9.59 Å². The summed E-state index contributed by atoms with van der Waals surface area (Å²) in [7, 11) is 2.14. The van der Waals surface area contributed by atoms with Gasteiger partial charge in [-0.1, -0.05) is 12.1 Å². The van der Waals surface area contributed by atoms with Crippen LogP contribution >= 0.6 is 0 Å². The third-order valence-corrected chi connectivity index (χ3v) is 6.21. The number of benzene rings is 2. The summed E-state index contributed by atoms with van der Waals surface area (Å²) in [4.78, 5) is 30.2. The molecule has 168 valence electrons. The van der Waals surface area contributed by atoms with Crippen LogP contribution in [0, 0.1) is 20.8 Å². The second-order valence-electron chi connectivity index (χ2n) is 8.79. The molecule has 2 aromatic rings. The smallest absolute Gasteiger partial charge is 0.271 e. The minimum Gasteiger partial charge on any atom is -0.369 e. The molecule has 0 atom stereocenters. The molecule has 7 heteroatoms. The Morgan fingerprint density at radius 1 is 0.938 bits per heavy atom. The summed E-state index contributed by atoms with van der Waals surface area (Å²) in [5, 5.41) is 8.81. The van der Waals surface area contributed by atoms with Gasteiger partial charge in [-0.15, -0.1) is 0 Å². The first-order valence-corrected chi connectivity index (χ1v) is 11.1. The van der Waals surface area contributed by atoms with Gasteiger partial charge in [0.2, 0.25) is 5.91 Å². The monoisotopic (exact) mass is 433 g/mol. The van der Waals surface area contributed by atoms with E-state index in [1.54, 1.807) is 0 Å². The lowest BCUT2D eigenvalue weighted by molar-refractivity contribution is -0.118. The number of hydrazone groups is 1. The molecule has 2 aliphatic heterocycles. The van der Waals surface area contributed by atoms with E-state index < -0.39 is 0 Å². The number of piperazine rings is 1. The third kappa shape index (κ3) is 4.67. The summed E-state index contributed by atoms with van der Waals surface area (Å²) < 4.78 is 0.